The van der Waals surface area contributed by atoms with Gasteiger partial charge in [-0.15, -0.1) is 11.3 Å². The van der Waals surface area contributed by atoms with E-state index >= 15 is 0 Å². The van der Waals surface area contributed by atoms with Gasteiger partial charge in [-0.25, -0.2) is 9.78 Å². The number of methoxy groups -OCH3 is 1. The van der Waals surface area contributed by atoms with E-state index in [1.165, 1.54) is 18.4 Å². The molecule has 0 radical (unpaired) electrons. The molecule has 0 aliphatic rings. The van der Waals surface area contributed by atoms with Crippen LogP contribution in [0.1, 0.15) is 35.3 Å². The molecule has 0 amide bonds. The fourth-order valence-corrected chi connectivity index (χ4v) is 3.23. The summed E-state index contributed by atoms with van der Waals surface area (Å²) in [6.45, 7) is 3.94. The van der Waals surface area contributed by atoms with E-state index < -0.39 is 5.97 Å². The number of ether oxygens (including phenoxy) is 1. The molecule has 4 nitrogen and oxygen atoms in total. The highest BCUT2D eigenvalue weighted by Crippen LogP contribution is 2.42. The molecule has 2 rings (SSSR count). The third-order valence-corrected chi connectivity index (χ3v) is 4.45. The van der Waals surface area contributed by atoms with Crippen LogP contribution >= 0.6 is 22.9 Å². The second kappa shape index (κ2) is 5.81. The number of carboxylic acids is 1. The van der Waals surface area contributed by atoms with E-state index in [2.05, 4.69) is 4.98 Å². The highest BCUT2D eigenvalue weighted by atomic mass is 35.5. The zero-order chi connectivity index (χ0) is 14.9. The van der Waals surface area contributed by atoms with E-state index in [0.717, 1.165) is 5.01 Å². The third kappa shape index (κ3) is 2.64. The highest BCUT2D eigenvalue weighted by molar-refractivity contribution is 7.15. The number of aromatic nitrogens is 1. The number of benzene rings is 1. The molecule has 1 aromatic carbocycles. The minimum Gasteiger partial charge on any atom is -0.496 e. The number of rotatable bonds is 4. The number of nitrogens with zero attached hydrogens (tertiary/aromatic N) is 1. The Morgan fingerprint density at radius 1 is 1.45 bits per heavy atom. The largest absolute Gasteiger partial charge is 0.496 e. The molecule has 20 heavy (non-hydrogen) atoms. The molecule has 0 bridgehead atoms. The van der Waals surface area contributed by atoms with Crippen LogP contribution in [0.3, 0.4) is 0 Å². The first-order valence-electron chi connectivity index (χ1n) is 6.02. The molecule has 6 heteroatoms. The summed E-state index contributed by atoms with van der Waals surface area (Å²) in [7, 11) is 1.53. The number of carboxylic acid groups (broad SMARTS) is 1. The summed E-state index contributed by atoms with van der Waals surface area (Å²) < 4.78 is 5.29. The van der Waals surface area contributed by atoms with E-state index in [-0.39, 0.29) is 11.6 Å². The lowest BCUT2D eigenvalue weighted by molar-refractivity contribution is 0.0692. The van der Waals surface area contributed by atoms with Crippen molar-refractivity contribution in [2.45, 2.75) is 19.8 Å². The van der Waals surface area contributed by atoms with Crippen LogP contribution in [0.4, 0.5) is 0 Å². The molecule has 0 aliphatic heterocycles. The monoisotopic (exact) mass is 311 g/mol. The Kier molecular flexibility index (Phi) is 4.30. The van der Waals surface area contributed by atoms with Crippen molar-refractivity contribution in [2.75, 3.05) is 7.11 Å². The lowest BCUT2D eigenvalue weighted by atomic mass is 10.1. The van der Waals surface area contributed by atoms with Crippen LogP contribution in [0.2, 0.25) is 5.02 Å². The SMILES string of the molecule is COc1cccc(Cl)c1-c1sc(C(C)C)nc1C(=O)O. The van der Waals surface area contributed by atoms with Crippen molar-refractivity contribution >= 4 is 28.9 Å². The highest BCUT2D eigenvalue weighted by Gasteiger charge is 2.24. The number of thiazole rings is 1. The maximum atomic E-state index is 11.4. The van der Waals surface area contributed by atoms with Gasteiger partial charge in [0.2, 0.25) is 0 Å². The lowest BCUT2D eigenvalue weighted by Gasteiger charge is -2.08. The molecule has 0 fully saturated rings. The van der Waals surface area contributed by atoms with Crippen molar-refractivity contribution in [1.29, 1.82) is 0 Å². The molecule has 0 aliphatic carbocycles. The van der Waals surface area contributed by atoms with Gasteiger partial charge in [-0.05, 0) is 12.1 Å². The summed E-state index contributed by atoms with van der Waals surface area (Å²) in [6, 6.07) is 5.22. The Labute approximate surface area is 126 Å². The minimum atomic E-state index is -1.06. The first-order valence-corrected chi connectivity index (χ1v) is 7.22. The summed E-state index contributed by atoms with van der Waals surface area (Å²) in [5.74, 6) is -0.371. The lowest BCUT2D eigenvalue weighted by Crippen LogP contribution is -2.00. The minimum absolute atomic E-state index is 0.0186. The standard InChI is InChI=1S/C14H14ClNO3S/c1-7(2)13-16-11(14(17)18)12(20-13)10-8(15)5-4-6-9(10)19-3/h4-7H,1-3H3,(H,17,18). The van der Waals surface area contributed by atoms with Gasteiger partial charge in [-0.2, -0.15) is 0 Å². The summed E-state index contributed by atoms with van der Waals surface area (Å²) in [6.07, 6.45) is 0. The van der Waals surface area contributed by atoms with Gasteiger partial charge < -0.3 is 9.84 Å². The third-order valence-electron chi connectivity index (χ3n) is 2.76. The zero-order valence-corrected chi connectivity index (χ0v) is 12.9. The van der Waals surface area contributed by atoms with Crippen molar-refractivity contribution in [3.8, 4) is 16.2 Å². The Morgan fingerprint density at radius 3 is 2.70 bits per heavy atom. The van der Waals surface area contributed by atoms with E-state index in [1.807, 2.05) is 13.8 Å². The van der Waals surface area contributed by atoms with Gasteiger partial charge in [0.15, 0.2) is 5.69 Å². The fraction of sp³-hybridized carbons (Fsp3) is 0.286. The smallest absolute Gasteiger partial charge is 0.356 e. The number of hydrogen-bond acceptors (Lipinski definition) is 4. The molecule has 0 saturated carbocycles. The van der Waals surface area contributed by atoms with Crippen molar-refractivity contribution in [3.63, 3.8) is 0 Å². The van der Waals surface area contributed by atoms with Gasteiger partial charge in [0.25, 0.3) is 0 Å². The van der Waals surface area contributed by atoms with Crippen molar-refractivity contribution < 1.29 is 14.6 Å². The molecular weight excluding hydrogens is 298 g/mol. The van der Waals surface area contributed by atoms with Crippen molar-refractivity contribution in [3.05, 3.63) is 33.9 Å². The Bertz CT molecular complexity index is 652. The predicted molar refractivity (Wildman–Crippen MR) is 80.2 cm³/mol. The Morgan fingerprint density at radius 2 is 2.15 bits per heavy atom. The van der Waals surface area contributed by atoms with Gasteiger partial charge in [-0.3, -0.25) is 0 Å². The van der Waals surface area contributed by atoms with Gasteiger partial charge >= 0.3 is 5.97 Å². The number of hydrogen-bond donors (Lipinski definition) is 1. The number of halogens is 1. The van der Waals surface area contributed by atoms with Gasteiger partial charge in [0.1, 0.15) is 5.75 Å². The van der Waals surface area contributed by atoms with Crippen LogP contribution in [-0.2, 0) is 0 Å². The molecule has 0 atom stereocenters. The summed E-state index contributed by atoms with van der Waals surface area (Å²) in [5.41, 5.74) is 0.601. The normalized spacial score (nSPS) is 10.8. The molecule has 2 aromatic rings. The summed E-state index contributed by atoms with van der Waals surface area (Å²) >= 11 is 7.55. The van der Waals surface area contributed by atoms with E-state index in [4.69, 9.17) is 16.3 Å². The maximum absolute atomic E-state index is 11.4. The van der Waals surface area contributed by atoms with E-state index in [9.17, 15) is 9.90 Å². The summed E-state index contributed by atoms with van der Waals surface area (Å²) in [5, 5.41) is 10.5. The van der Waals surface area contributed by atoms with Crippen LogP contribution in [-0.4, -0.2) is 23.2 Å². The second-order valence-electron chi connectivity index (χ2n) is 4.51. The molecule has 0 spiro atoms. The van der Waals surface area contributed by atoms with Crippen molar-refractivity contribution in [1.82, 2.24) is 4.98 Å². The van der Waals surface area contributed by atoms with Crippen LogP contribution in [0.5, 0.6) is 5.75 Å². The van der Waals surface area contributed by atoms with E-state index in [1.54, 1.807) is 18.2 Å². The Hall–Kier alpha value is -1.59. The molecule has 0 unspecified atom stereocenters. The zero-order valence-electron chi connectivity index (χ0n) is 11.3. The van der Waals surface area contributed by atoms with Crippen LogP contribution in [0, 0.1) is 0 Å². The first-order chi connectivity index (χ1) is 9.45. The quantitative estimate of drug-likeness (QED) is 0.914. The Balaban J connectivity index is 2.72. The van der Waals surface area contributed by atoms with Crippen LogP contribution in [0.25, 0.3) is 10.4 Å². The van der Waals surface area contributed by atoms with Crippen LogP contribution in [0.15, 0.2) is 18.2 Å². The van der Waals surface area contributed by atoms with Gasteiger partial charge in [0, 0.05) is 5.92 Å². The second-order valence-corrected chi connectivity index (χ2v) is 5.94. The van der Waals surface area contributed by atoms with E-state index in [0.29, 0.717) is 21.2 Å². The average molecular weight is 312 g/mol. The molecule has 1 heterocycles. The topological polar surface area (TPSA) is 59.4 Å². The predicted octanol–water partition coefficient (Wildman–Crippen LogP) is 4.29. The molecule has 1 aromatic heterocycles. The first kappa shape index (κ1) is 14.8. The average Bonchev–Trinajstić information content (AvgIpc) is 2.83. The van der Waals surface area contributed by atoms with Crippen LogP contribution < -0.4 is 4.74 Å². The number of aromatic carboxylic acids is 1. The van der Waals surface area contributed by atoms with Gasteiger partial charge in [-0.1, -0.05) is 31.5 Å². The molecule has 1 N–H and O–H groups in total. The molecule has 106 valence electrons. The van der Waals surface area contributed by atoms with Gasteiger partial charge in [0.05, 0.1) is 27.6 Å². The van der Waals surface area contributed by atoms with Crippen molar-refractivity contribution in [2.24, 2.45) is 0 Å². The molecule has 0 saturated heterocycles. The molecular formula is C14H14ClNO3S. The fourth-order valence-electron chi connectivity index (χ4n) is 1.79. The maximum Gasteiger partial charge on any atom is 0.356 e. The number of carbonyl (C=O) groups is 1. The summed E-state index contributed by atoms with van der Waals surface area (Å²) in [4.78, 5) is 16.1.